The molecule has 3 aromatic heterocycles. The third kappa shape index (κ3) is 4.06. The molecule has 1 atom stereocenters. The van der Waals surface area contributed by atoms with Gasteiger partial charge in [-0.05, 0) is 61.0 Å². The molecule has 1 aliphatic rings. The number of hydrogen-bond acceptors (Lipinski definition) is 4. The van der Waals surface area contributed by atoms with E-state index in [0.29, 0.717) is 18.8 Å². The Morgan fingerprint density at radius 2 is 1.86 bits per heavy atom. The van der Waals surface area contributed by atoms with Gasteiger partial charge in [-0.25, -0.2) is 9.48 Å². The van der Waals surface area contributed by atoms with Gasteiger partial charge in [-0.2, -0.15) is 5.10 Å². The Morgan fingerprint density at radius 1 is 1.05 bits per heavy atom. The van der Waals surface area contributed by atoms with E-state index in [2.05, 4.69) is 16.0 Å². The van der Waals surface area contributed by atoms with Crippen LogP contribution in [-0.4, -0.2) is 32.4 Å². The number of ether oxygens (including phenoxy) is 1. The van der Waals surface area contributed by atoms with Crippen molar-refractivity contribution in [3.8, 4) is 17.3 Å². The molecule has 8 nitrogen and oxygen atoms in total. The highest BCUT2D eigenvalue weighted by Gasteiger charge is 2.36. The molecule has 0 bridgehead atoms. The van der Waals surface area contributed by atoms with Crippen molar-refractivity contribution in [3.05, 3.63) is 120 Å². The normalized spacial score (nSPS) is 14.5. The van der Waals surface area contributed by atoms with Gasteiger partial charge >= 0.3 is 6.03 Å². The highest BCUT2D eigenvalue weighted by molar-refractivity contribution is 5.76. The predicted molar refractivity (Wildman–Crippen MR) is 139 cm³/mol. The molecule has 1 N–H and O–H groups in total. The number of rotatable bonds is 5. The van der Waals surface area contributed by atoms with Crippen LogP contribution in [0.25, 0.3) is 11.5 Å². The molecule has 0 aliphatic carbocycles. The van der Waals surface area contributed by atoms with E-state index in [9.17, 15) is 4.79 Å². The number of hydrogen-bond donors (Lipinski definition) is 1. The number of carbonyl (C=O) groups excluding carboxylic acids is 1. The number of nitrogens with zero attached hydrogens (tertiary/aromatic N) is 4. The quantitative estimate of drug-likeness (QED) is 0.356. The van der Waals surface area contributed by atoms with Crippen molar-refractivity contribution < 1.29 is 13.9 Å². The molecular formula is C29H27N5O3. The minimum atomic E-state index is -0.339. The van der Waals surface area contributed by atoms with Gasteiger partial charge in [0, 0.05) is 11.8 Å². The number of methoxy groups -OCH3 is 1. The lowest BCUT2D eigenvalue weighted by molar-refractivity contribution is 0.179. The Bertz CT molecular complexity index is 1520. The summed E-state index contributed by atoms with van der Waals surface area (Å²) in [5.41, 5.74) is 4.77. The van der Waals surface area contributed by atoms with Crippen LogP contribution in [0.5, 0.6) is 5.75 Å². The van der Waals surface area contributed by atoms with Crippen molar-refractivity contribution in [1.82, 2.24) is 24.6 Å². The Morgan fingerprint density at radius 3 is 2.59 bits per heavy atom. The molecule has 0 fully saturated rings. The first-order valence-electron chi connectivity index (χ1n) is 12.2. The lowest BCUT2D eigenvalue weighted by atomic mass is 10.0. The first-order chi connectivity index (χ1) is 18.1. The van der Waals surface area contributed by atoms with Crippen molar-refractivity contribution in [2.45, 2.75) is 26.1 Å². The van der Waals surface area contributed by atoms with Crippen LogP contribution in [-0.2, 0) is 13.1 Å². The molecule has 37 heavy (non-hydrogen) atoms. The number of aryl methyl sites for hydroxylation is 1. The highest BCUT2D eigenvalue weighted by Crippen LogP contribution is 2.38. The van der Waals surface area contributed by atoms with E-state index in [1.54, 1.807) is 13.4 Å². The van der Waals surface area contributed by atoms with E-state index in [-0.39, 0.29) is 12.1 Å². The van der Waals surface area contributed by atoms with Crippen LogP contribution in [0.1, 0.15) is 34.3 Å². The van der Waals surface area contributed by atoms with Crippen LogP contribution < -0.4 is 10.1 Å². The molecule has 0 saturated carbocycles. The average Bonchev–Trinajstić information content (AvgIpc) is 3.67. The molecule has 0 unspecified atom stereocenters. The number of furan rings is 1. The Hall–Kier alpha value is -4.72. The maximum absolute atomic E-state index is 13.8. The van der Waals surface area contributed by atoms with Gasteiger partial charge in [-0.1, -0.05) is 30.3 Å². The fraction of sp³-hybridized carbons (Fsp3) is 0.172. The zero-order valence-electron chi connectivity index (χ0n) is 20.7. The molecule has 0 radical (unpaired) electrons. The molecule has 0 spiro atoms. The number of fused-ring (bicyclic) bond motifs is 3. The second-order valence-electron chi connectivity index (χ2n) is 8.98. The van der Waals surface area contributed by atoms with Crippen molar-refractivity contribution in [2.24, 2.45) is 0 Å². The third-order valence-corrected chi connectivity index (χ3v) is 6.77. The molecule has 2 aromatic carbocycles. The minimum absolute atomic E-state index is 0.190. The standard InChI is InChI=1S/C29H27N5O3/c1-20-25-19-33(29(35)30-18-24-10-7-17-37-24)27(21-12-14-23(36-2)15-13-21)26-11-6-16-32(26)28(25)34(31-20)22-8-4-3-5-9-22/h3-17,27H,18-19H2,1-2H3,(H,30,35)/t27-/m0/s1. The highest BCUT2D eigenvalue weighted by atomic mass is 16.5. The van der Waals surface area contributed by atoms with E-state index in [4.69, 9.17) is 14.3 Å². The van der Waals surface area contributed by atoms with Gasteiger partial charge in [0.25, 0.3) is 0 Å². The molecule has 6 rings (SSSR count). The van der Waals surface area contributed by atoms with Gasteiger partial charge in [-0.15, -0.1) is 0 Å². The number of urea groups is 1. The maximum atomic E-state index is 13.8. The summed E-state index contributed by atoms with van der Waals surface area (Å²) < 4.78 is 14.9. The van der Waals surface area contributed by atoms with Crippen molar-refractivity contribution in [3.63, 3.8) is 0 Å². The van der Waals surface area contributed by atoms with Gasteiger partial charge in [0.05, 0.1) is 49.6 Å². The lowest BCUT2D eigenvalue weighted by Gasteiger charge is -2.31. The molecule has 0 saturated heterocycles. The van der Waals surface area contributed by atoms with Gasteiger partial charge in [0.15, 0.2) is 0 Å². The summed E-state index contributed by atoms with van der Waals surface area (Å²) in [6.45, 7) is 2.68. The van der Waals surface area contributed by atoms with Crippen LogP contribution >= 0.6 is 0 Å². The number of para-hydroxylation sites is 1. The van der Waals surface area contributed by atoms with Gasteiger partial charge < -0.3 is 23.9 Å². The largest absolute Gasteiger partial charge is 0.497 e. The molecule has 2 amide bonds. The number of benzene rings is 2. The molecular weight excluding hydrogens is 466 g/mol. The monoisotopic (exact) mass is 493 g/mol. The fourth-order valence-electron chi connectivity index (χ4n) is 4.96. The van der Waals surface area contributed by atoms with Crippen molar-refractivity contribution >= 4 is 6.03 Å². The van der Waals surface area contributed by atoms with E-state index in [1.807, 2.05) is 95.5 Å². The first-order valence-corrected chi connectivity index (χ1v) is 12.2. The van der Waals surface area contributed by atoms with Crippen LogP contribution in [0.2, 0.25) is 0 Å². The first kappa shape index (κ1) is 22.7. The zero-order chi connectivity index (χ0) is 25.4. The minimum Gasteiger partial charge on any atom is -0.497 e. The summed E-state index contributed by atoms with van der Waals surface area (Å²) in [7, 11) is 1.65. The Labute approximate surface area is 214 Å². The van der Waals surface area contributed by atoms with Gasteiger partial charge in [-0.3, -0.25) is 0 Å². The predicted octanol–water partition coefficient (Wildman–Crippen LogP) is 5.39. The van der Waals surface area contributed by atoms with Gasteiger partial charge in [0.1, 0.15) is 17.3 Å². The molecule has 5 aromatic rings. The molecule has 4 heterocycles. The Balaban J connectivity index is 1.49. The number of nitrogens with one attached hydrogen (secondary N) is 1. The number of aromatic nitrogens is 3. The van der Waals surface area contributed by atoms with Crippen molar-refractivity contribution in [1.29, 1.82) is 0 Å². The summed E-state index contributed by atoms with van der Waals surface area (Å²) in [4.78, 5) is 15.7. The fourth-order valence-corrected chi connectivity index (χ4v) is 4.96. The summed E-state index contributed by atoms with van der Waals surface area (Å²) in [6, 6.07) is 25.2. The maximum Gasteiger partial charge on any atom is 0.318 e. The topological polar surface area (TPSA) is 77.5 Å². The molecule has 1 aliphatic heterocycles. The van der Waals surface area contributed by atoms with Crippen LogP contribution in [0, 0.1) is 6.92 Å². The zero-order valence-corrected chi connectivity index (χ0v) is 20.7. The second kappa shape index (κ2) is 9.39. The van der Waals surface area contributed by atoms with Crippen LogP contribution in [0.3, 0.4) is 0 Å². The lowest BCUT2D eigenvalue weighted by Crippen LogP contribution is -2.41. The summed E-state index contributed by atoms with van der Waals surface area (Å²) >= 11 is 0. The van der Waals surface area contributed by atoms with Crippen molar-refractivity contribution in [2.75, 3.05) is 7.11 Å². The van der Waals surface area contributed by atoms with E-state index < -0.39 is 0 Å². The second-order valence-corrected chi connectivity index (χ2v) is 8.98. The van der Waals surface area contributed by atoms with E-state index in [0.717, 1.165) is 39.8 Å². The molecule has 8 heteroatoms. The third-order valence-electron chi connectivity index (χ3n) is 6.77. The Kier molecular flexibility index (Phi) is 5.76. The summed E-state index contributed by atoms with van der Waals surface area (Å²) in [5.74, 6) is 2.39. The van der Waals surface area contributed by atoms with E-state index >= 15 is 0 Å². The SMILES string of the molecule is COc1ccc([C@H]2c3cccn3-c3c(c(C)nn3-c3ccccc3)CN2C(=O)NCc2ccco2)cc1. The number of amides is 2. The molecule has 186 valence electrons. The van der Waals surface area contributed by atoms with Crippen LogP contribution in [0.15, 0.2) is 95.7 Å². The number of carbonyl (C=O) groups is 1. The summed E-state index contributed by atoms with van der Waals surface area (Å²) in [6.07, 6.45) is 3.64. The van der Waals surface area contributed by atoms with E-state index in [1.165, 1.54) is 0 Å². The average molecular weight is 494 g/mol. The van der Waals surface area contributed by atoms with Gasteiger partial charge in [0.2, 0.25) is 0 Å². The smallest absolute Gasteiger partial charge is 0.318 e. The van der Waals surface area contributed by atoms with Crippen LogP contribution in [0.4, 0.5) is 4.79 Å². The summed E-state index contributed by atoms with van der Waals surface area (Å²) in [5, 5.41) is 7.94.